The number of nitrogens with one attached hydrogen (secondary N) is 1. The van der Waals surface area contributed by atoms with Crippen LogP contribution in [0.4, 0.5) is 0 Å². The van der Waals surface area contributed by atoms with E-state index in [0.717, 1.165) is 13.1 Å². The Kier molecular flexibility index (Phi) is 2.93. The Morgan fingerprint density at radius 3 is 2.29 bits per heavy atom. The van der Waals surface area contributed by atoms with Gasteiger partial charge < -0.3 is 9.73 Å². The molecule has 3 rings (SSSR count). The summed E-state index contributed by atoms with van der Waals surface area (Å²) in [7, 11) is 0. The second-order valence-corrected chi connectivity index (χ2v) is 3.05. The van der Waals surface area contributed by atoms with Crippen molar-refractivity contribution in [3.63, 3.8) is 0 Å². The smallest absolute Gasteiger partial charge is 0.180 e. The zero-order valence-electron chi connectivity index (χ0n) is 7.81. The highest BCUT2D eigenvalue weighted by Gasteiger charge is 2.06. The Balaban J connectivity index is 0.000000128. The molecule has 0 amide bonds. The highest BCUT2D eigenvalue weighted by molar-refractivity contribution is 5.29. The quantitative estimate of drug-likeness (QED) is 0.686. The maximum atomic E-state index is 4.47. The number of oxazole rings is 1. The third-order valence-electron chi connectivity index (χ3n) is 2.10. The summed E-state index contributed by atoms with van der Waals surface area (Å²) in [6.07, 6.45) is 4.47. The summed E-state index contributed by atoms with van der Waals surface area (Å²) in [5, 5.41) is 3.29. The monoisotopic (exact) mass is 188 g/mol. The molecule has 72 valence electrons. The number of rotatable bonds is 0. The van der Waals surface area contributed by atoms with Gasteiger partial charge in [-0.2, -0.15) is 0 Å². The van der Waals surface area contributed by atoms with Gasteiger partial charge in [0, 0.05) is 13.1 Å². The molecular formula is C11H12N2O. The zero-order valence-corrected chi connectivity index (χ0v) is 7.81. The third kappa shape index (κ3) is 2.20. The van der Waals surface area contributed by atoms with Gasteiger partial charge in [-0.05, 0) is 11.1 Å². The molecular weight excluding hydrogens is 176 g/mol. The van der Waals surface area contributed by atoms with Crippen LogP contribution in [0.1, 0.15) is 11.1 Å². The summed E-state index contributed by atoms with van der Waals surface area (Å²) in [6, 6.07) is 8.53. The first kappa shape index (κ1) is 8.97. The van der Waals surface area contributed by atoms with Crippen LogP contribution in [-0.2, 0) is 13.1 Å². The van der Waals surface area contributed by atoms with E-state index in [2.05, 4.69) is 39.0 Å². The van der Waals surface area contributed by atoms with Crippen LogP contribution in [0.3, 0.4) is 0 Å². The molecule has 0 saturated heterocycles. The van der Waals surface area contributed by atoms with Crippen LogP contribution in [-0.4, -0.2) is 4.98 Å². The van der Waals surface area contributed by atoms with Crippen LogP contribution in [0, 0.1) is 0 Å². The molecule has 0 spiro atoms. The molecule has 1 aromatic carbocycles. The molecule has 1 N–H and O–H groups in total. The second-order valence-electron chi connectivity index (χ2n) is 3.05. The van der Waals surface area contributed by atoms with Crippen molar-refractivity contribution in [2.24, 2.45) is 0 Å². The van der Waals surface area contributed by atoms with Gasteiger partial charge in [0.25, 0.3) is 0 Å². The van der Waals surface area contributed by atoms with Crippen LogP contribution in [0.2, 0.25) is 0 Å². The molecule has 0 radical (unpaired) electrons. The van der Waals surface area contributed by atoms with Crippen molar-refractivity contribution in [3.8, 4) is 0 Å². The van der Waals surface area contributed by atoms with Gasteiger partial charge in [0.2, 0.25) is 0 Å². The Labute approximate surface area is 82.8 Å². The predicted octanol–water partition coefficient (Wildman–Crippen LogP) is 1.96. The molecule has 1 aromatic heterocycles. The number of nitrogens with zero attached hydrogens (tertiary/aromatic N) is 1. The molecule has 3 heteroatoms. The Bertz CT molecular complexity index is 330. The van der Waals surface area contributed by atoms with E-state index in [1.54, 1.807) is 6.20 Å². The molecule has 2 aromatic rings. The van der Waals surface area contributed by atoms with Crippen LogP contribution < -0.4 is 5.32 Å². The highest BCUT2D eigenvalue weighted by Crippen LogP contribution is 2.12. The van der Waals surface area contributed by atoms with Crippen LogP contribution >= 0.6 is 0 Å². The zero-order chi connectivity index (χ0) is 9.64. The van der Waals surface area contributed by atoms with Gasteiger partial charge in [-0.25, -0.2) is 4.98 Å². The fraction of sp³-hybridized carbons (Fsp3) is 0.182. The lowest BCUT2D eigenvalue weighted by Gasteiger charge is -1.91. The first-order chi connectivity index (χ1) is 6.97. The largest absolute Gasteiger partial charge is 0.452 e. The summed E-state index contributed by atoms with van der Waals surface area (Å²) in [4.78, 5) is 3.56. The highest BCUT2D eigenvalue weighted by atomic mass is 16.3. The molecule has 14 heavy (non-hydrogen) atoms. The molecule has 0 unspecified atom stereocenters. The maximum Gasteiger partial charge on any atom is 0.180 e. The van der Waals surface area contributed by atoms with E-state index in [0.29, 0.717) is 0 Å². The van der Waals surface area contributed by atoms with Crippen molar-refractivity contribution in [1.29, 1.82) is 0 Å². The van der Waals surface area contributed by atoms with Crippen molar-refractivity contribution in [3.05, 3.63) is 54.2 Å². The first-order valence-electron chi connectivity index (χ1n) is 4.56. The normalized spacial score (nSPS) is 12.9. The molecule has 1 aliphatic rings. The van der Waals surface area contributed by atoms with Gasteiger partial charge in [-0.3, -0.25) is 0 Å². The lowest BCUT2D eigenvalue weighted by Crippen LogP contribution is -1.99. The van der Waals surface area contributed by atoms with Crippen molar-refractivity contribution in [1.82, 2.24) is 10.3 Å². The molecule has 2 heterocycles. The lowest BCUT2D eigenvalue weighted by molar-refractivity contribution is 0.558. The van der Waals surface area contributed by atoms with Gasteiger partial charge >= 0.3 is 0 Å². The summed E-state index contributed by atoms with van der Waals surface area (Å²) < 4.78 is 4.47. The molecule has 0 saturated carbocycles. The predicted molar refractivity (Wildman–Crippen MR) is 53.5 cm³/mol. The Hall–Kier alpha value is -1.61. The molecule has 0 fully saturated rings. The van der Waals surface area contributed by atoms with Crippen molar-refractivity contribution in [2.45, 2.75) is 13.1 Å². The third-order valence-corrected chi connectivity index (χ3v) is 2.10. The van der Waals surface area contributed by atoms with Crippen LogP contribution in [0.25, 0.3) is 0 Å². The van der Waals surface area contributed by atoms with Gasteiger partial charge in [-0.1, -0.05) is 24.3 Å². The van der Waals surface area contributed by atoms with Crippen molar-refractivity contribution >= 4 is 0 Å². The van der Waals surface area contributed by atoms with E-state index in [1.165, 1.54) is 23.8 Å². The average molecular weight is 188 g/mol. The van der Waals surface area contributed by atoms with E-state index >= 15 is 0 Å². The topological polar surface area (TPSA) is 38.1 Å². The van der Waals surface area contributed by atoms with Crippen molar-refractivity contribution in [2.75, 3.05) is 0 Å². The lowest BCUT2D eigenvalue weighted by atomic mass is 10.1. The maximum absolute atomic E-state index is 4.47. The average Bonchev–Trinajstić information content (AvgIpc) is 2.92. The van der Waals surface area contributed by atoms with E-state index in [4.69, 9.17) is 0 Å². The SMILES string of the molecule is c1ccc2c(c1)CNC2.c1cocn1. The van der Waals surface area contributed by atoms with Gasteiger partial charge in [0.1, 0.15) is 6.26 Å². The first-order valence-corrected chi connectivity index (χ1v) is 4.56. The number of fused-ring (bicyclic) bond motifs is 1. The summed E-state index contributed by atoms with van der Waals surface area (Å²) in [6.45, 7) is 2.10. The number of benzene rings is 1. The van der Waals surface area contributed by atoms with E-state index in [-0.39, 0.29) is 0 Å². The number of hydrogen-bond acceptors (Lipinski definition) is 3. The van der Waals surface area contributed by atoms with Gasteiger partial charge in [-0.15, -0.1) is 0 Å². The minimum absolute atomic E-state index is 1.05. The number of aromatic nitrogens is 1. The fourth-order valence-corrected chi connectivity index (χ4v) is 1.41. The summed E-state index contributed by atoms with van der Waals surface area (Å²) in [5.41, 5.74) is 2.91. The minimum Gasteiger partial charge on any atom is -0.452 e. The van der Waals surface area contributed by atoms with Crippen LogP contribution in [0.5, 0.6) is 0 Å². The van der Waals surface area contributed by atoms with E-state index in [9.17, 15) is 0 Å². The minimum atomic E-state index is 1.05. The second kappa shape index (κ2) is 4.58. The molecule has 3 nitrogen and oxygen atoms in total. The van der Waals surface area contributed by atoms with E-state index < -0.39 is 0 Å². The van der Waals surface area contributed by atoms with Crippen molar-refractivity contribution < 1.29 is 4.42 Å². The van der Waals surface area contributed by atoms with Gasteiger partial charge in [0.15, 0.2) is 6.39 Å². The molecule has 0 atom stereocenters. The Morgan fingerprint density at radius 1 is 1.14 bits per heavy atom. The summed E-state index contributed by atoms with van der Waals surface area (Å²) >= 11 is 0. The Morgan fingerprint density at radius 2 is 1.86 bits per heavy atom. The van der Waals surface area contributed by atoms with Crippen LogP contribution in [0.15, 0.2) is 47.5 Å². The molecule has 1 aliphatic heterocycles. The molecule has 0 aliphatic carbocycles. The fourth-order valence-electron chi connectivity index (χ4n) is 1.41. The standard InChI is InChI=1S/C8H9N.C3H3NO/c1-2-4-8-6-9-5-7(8)3-1;1-2-5-3-4-1/h1-4,9H,5-6H2;1-3H. The molecule has 0 bridgehead atoms. The summed E-state index contributed by atoms with van der Waals surface area (Å²) in [5.74, 6) is 0. The van der Waals surface area contributed by atoms with Gasteiger partial charge in [0.05, 0.1) is 6.20 Å². The number of hydrogen-bond donors (Lipinski definition) is 1. The van der Waals surface area contributed by atoms with E-state index in [1.807, 2.05) is 0 Å².